The van der Waals surface area contributed by atoms with Crippen LogP contribution >= 0.6 is 0 Å². The molecule has 0 unspecified atom stereocenters. The number of aryl methyl sites for hydroxylation is 1. The third kappa shape index (κ3) is 3.23. The highest BCUT2D eigenvalue weighted by Gasteiger charge is 2.12. The van der Waals surface area contributed by atoms with Gasteiger partial charge in [0, 0.05) is 25.7 Å². The molecule has 0 heterocycles. The van der Waals surface area contributed by atoms with E-state index >= 15 is 0 Å². The number of hydrogen-bond acceptors (Lipinski definition) is 2. The number of rotatable bonds is 5. The highest BCUT2D eigenvalue weighted by Crippen LogP contribution is 2.18. The Balaban J connectivity index is 2.01. The summed E-state index contributed by atoms with van der Waals surface area (Å²) in [5.41, 5.74) is 2.42. The van der Waals surface area contributed by atoms with Crippen LogP contribution in [0, 0.1) is 12.7 Å². The Morgan fingerprint density at radius 2 is 1.75 bits per heavy atom. The topological polar surface area (TPSA) is 20.3 Å². The minimum Gasteiger partial charge on any atom is -0.374 e. The molecule has 3 heteroatoms. The maximum atomic E-state index is 13.5. The van der Waals surface area contributed by atoms with Gasteiger partial charge in [-0.1, -0.05) is 30.3 Å². The van der Waals surface area contributed by atoms with Crippen molar-refractivity contribution in [2.75, 3.05) is 18.5 Å². The molecule has 2 nitrogen and oxygen atoms in total. The van der Waals surface area contributed by atoms with E-state index in [4.69, 9.17) is 0 Å². The van der Waals surface area contributed by atoms with Crippen molar-refractivity contribution in [3.8, 4) is 0 Å². The van der Waals surface area contributed by atoms with E-state index in [9.17, 15) is 9.18 Å². The Kier molecular flexibility index (Phi) is 4.51. The molecule has 0 aliphatic rings. The lowest BCUT2D eigenvalue weighted by molar-refractivity contribution is 0.0981. The molecular formula is C17H18FNO. The van der Waals surface area contributed by atoms with Gasteiger partial charge in [0.15, 0.2) is 5.78 Å². The Morgan fingerprint density at radius 1 is 1.10 bits per heavy atom. The van der Waals surface area contributed by atoms with E-state index in [1.54, 1.807) is 12.1 Å². The van der Waals surface area contributed by atoms with E-state index in [0.717, 1.165) is 11.3 Å². The number of carbonyl (C=O) groups excluding carboxylic acids is 1. The molecule has 0 N–H and O–H groups in total. The van der Waals surface area contributed by atoms with Gasteiger partial charge in [0.25, 0.3) is 0 Å². The zero-order chi connectivity index (χ0) is 14.5. The molecule has 104 valence electrons. The number of anilines is 1. The van der Waals surface area contributed by atoms with Crippen LogP contribution < -0.4 is 4.90 Å². The summed E-state index contributed by atoms with van der Waals surface area (Å²) in [5, 5.41) is 0. The predicted molar refractivity (Wildman–Crippen MR) is 79.8 cm³/mol. The van der Waals surface area contributed by atoms with E-state index in [-0.39, 0.29) is 11.3 Å². The van der Waals surface area contributed by atoms with Gasteiger partial charge in [0.05, 0.1) is 5.56 Å². The molecule has 0 saturated heterocycles. The van der Waals surface area contributed by atoms with Crippen LogP contribution in [0.5, 0.6) is 0 Å². The number of Topliss-reactive ketones (excluding diaryl/α,β-unsaturated/α-hetero) is 1. The highest BCUT2D eigenvalue weighted by atomic mass is 19.1. The van der Waals surface area contributed by atoms with Gasteiger partial charge in [-0.05, 0) is 30.7 Å². The summed E-state index contributed by atoms with van der Waals surface area (Å²) in [7, 11) is 1.94. The van der Waals surface area contributed by atoms with Crippen LogP contribution in [-0.4, -0.2) is 19.4 Å². The van der Waals surface area contributed by atoms with Crippen LogP contribution in [0.1, 0.15) is 22.3 Å². The van der Waals surface area contributed by atoms with Crippen LogP contribution in [0.2, 0.25) is 0 Å². The smallest absolute Gasteiger partial charge is 0.167 e. The van der Waals surface area contributed by atoms with Crippen molar-refractivity contribution in [2.24, 2.45) is 0 Å². The second-order valence-corrected chi connectivity index (χ2v) is 4.86. The van der Waals surface area contributed by atoms with Crippen LogP contribution in [0.4, 0.5) is 10.1 Å². The van der Waals surface area contributed by atoms with Crippen LogP contribution in [0.25, 0.3) is 0 Å². The molecule has 0 spiro atoms. The maximum absolute atomic E-state index is 13.5. The van der Waals surface area contributed by atoms with Crippen molar-refractivity contribution >= 4 is 11.5 Å². The van der Waals surface area contributed by atoms with Gasteiger partial charge in [-0.25, -0.2) is 4.39 Å². The number of nitrogens with zero attached hydrogens (tertiary/aromatic N) is 1. The zero-order valence-electron chi connectivity index (χ0n) is 11.8. The van der Waals surface area contributed by atoms with E-state index in [1.807, 2.05) is 43.1 Å². The summed E-state index contributed by atoms with van der Waals surface area (Å²) in [4.78, 5) is 14.0. The standard InChI is InChI=1S/C17H18FNO/c1-13-7-3-6-10-16(13)19(2)12-11-17(20)14-8-4-5-9-15(14)18/h3-10H,11-12H2,1-2H3. The first-order chi connectivity index (χ1) is 9.59. The minimum absolute atomic E-state index is 0.163. The number of hydrogen-bond donors (Lipinski definition) is 0. The van der Waals surface area contributed by atoms with E-state index < -0.39 is 5.82 Å². The first-order valence-corrected chi connectivity index (χ1v) is 6.64. The van der Waals surface area contributed by atoms with Gasteiger partial charge in [0.2, 0.25) is 0 Å². The third-order valence-corrected chi connectivity index (χ3v) is 3.38. The lowest BCUT2D eigenvalue weighted by atomic mass is 10.1. The summed E-state index contributed by atoms with van der Waals surface area (Å²) in [6, 6.07) is 14.1. The molecular weight excluding hydrogens is 253 g/mol. The molecule has 0 amide bonds. The summed E-state index contributed by atoms with van der Waals surface area (Å²) >= 11 is 0. The Bertz CT molecular complexity index is 609. The van der Waals surface area contributed by atoms with Gasteiger partial charge in [0.1, 0.15) is 5.82 Å². The normalized spacial score (nSPS) is 10.3. The molecule has 0 atom stereocenters. The number of para-hydroxylation sites is 1. The lowest BCUT2D eigenvalue weighted by Gasteiger charge is -2.21. The molecule has 0 bridgehead atoms. The molecule has 0 aliphatic carbocycles. The number of ketones is 1. The number of carbonyl (C=O) groups is 1. The van der Waals surface area contributed by atoms with E-state index in [2.05, 4.69) is 0 Å². The molecule has 2 aromatic carbocycles. The van der Waals surface area contributed by atoms with Crippen molar-refractivity contribution in [1.29, 1.82) is 0 Å². The molecule has 20 heavy (non-hydrogen) atoms. The first kappa shape index (κ1) is 14.3. The van der Waals surface area contributed by atoms with Gasteiger partial charge in [-0.3, -0.25) is 4.79 Å². The maximum Gasteiger partial charge on any atom is 0.167 e. The second-order valence-electron chi connectivity index (χ2n) is 4.86. The number of halogens is 1. The average Bonchev–Trinajstić information content (AvgIpc) is 2.45. The molecule has 2 rings (SSSR count). The molecule has 0 radical (unpaired) electrons. The third-order valence-electron chi connectivity index (χ3n) is 3.38. The van der Waals surface area contributed by atoms with Gasteiger partial charge < -0.3 is 4.90 Å². The molecule has 0 fully saturated rings. The molecule has 0 saturated carbocycles. The Labute approximate surface area is 118 Å². The van der Waals surface area contributed by atoms with Crippen molar-refractivity contribution in [3.63, 3.8) is 0 Å². The lowest BCUT2D eigenvalue weighted by Crippen LogP contribution is -2.22. The second kappa shape index (κ2) is 6.33. The molecule has 0 aliphatic heterocycles. The molecule has 0 aromatic heterocycles. The van der Waals surface area contributed by atoms with Gasteiger partial charge >= 0.3 is 0 Å². The Morgan fingerprint density at radius 3 is 2.45 bits per heavy atom. The van der Waals surface area contributed by atoms with Crippen molar-refractivity contribution in [3.05, 3.63) is 65.5 Å². The van der Waals surface area contributed by atoms with Gasteiger partial charge in [-0.2, -0.15) is 0 Å². The van der Waals surface area contributed by atoms with Crippen molar-refractivity contribution < 1.29 is 9.18 Å². The fourth-order valence-corrected chi connectivity index (χ4v) is 2.20. The van der Waals surface area contributed by atoms with E-state index in [1.165, 1.54) is 12.1 Å². The molecule has 2 aromatic rings. The van der Waals surface area contributed by atoms with Crippen molar-refractivity contribution in [2.45, 2.75) is 13.3 Å². The SMILES string of the molecule is Cc1ccccc1N(C)CCC(=O)c1ccccc1F. The fourth-order valence-electron chi connectivity index (χ4n) is 2.20. The zero-order valence-corrected chi connectivity index (χ0v) is 11.8. The minimum atomic E-state index is -0.448. The highest BCUT2D eigenvalue weighted by molar-refractivity contribution is 5.96. The number of benzene rings is 2. The Hall–Kier alpha value is -2.16. The van der Waals surface area contributed by atoms with Crippen LogP contribution in [-0.2, 0) is 0 Å². The van der Waals surface area contributed by atoms with E-state index in [0.29, 0.717) is 13.0 Å². The summed E-state index contributed by atoms with van der Waals surface area (Å²) in [6.07, 6.45) is 0.297. The predicted octanol–water partition coefficient (Wildman–Crippen LogP) is 3.84. The quantitative estimate of drug-likeness (QED) is 0.770. The van der Waals surface area contributed by atoms with Crippen LogP contribution in [0.15, 0.2) is 48.5 Å². The van der Waals surface area contributed by atoms with Gasteiger partial charge in [-0.15, -0.1) is 0 Å². The summed E-state index contributed by atoms with van der Waals surface area (Å²) < 4.78 is 13.5. The van der Waals surface area contributed by atoms with Crippen LogP contribution in [0.3, 0.4) is 0 Å². The monoisotopic (exact) mass is 271 g/mol. The summed E-state index contributed by atoms with van der Waals surface area (Å²) in [5.74, 6) is -0.612. The fraction of sp³-hybridized carbons (Fsp3) is 0.235. The van der Waals surface area contributed by atoms with Crippen molar-refractivity contribution in [1.82, 2.24) is 0 Å². The average molecular weight is 271 g/mol. The largest absolute Gasteiger partial charge is 0.374 e. The first-order valence-electron chi connectivity index (χ1n) is 6.64. The summed E-state index contributed by atoms with van der Waals surface area (Å²) in [6.45, 7) is 2.60.